The van der Waals surface area contributed by atoms with Gasteiger partial charge in [-0.25, -0.2) is 0 Å². The summed E-state index contributed by atoms with van der Waals surface area (Å²) in [6.45, 7) is 4.32. The summed E-state index contributed by atoms with van der Waals surface area (Å²) in [6, 6.07) is 14.7. The van der Waals surface area contributed by atoms with Gasteiger partial charge >= 0.3 is 0 Å². The van der Waals surface area contributed by atoms with Crippen LogP contribution >= 0.6 is 11.8 Å². The zero-order chi connectivity index (χ0) is 15.2. The lowest BCUT2D eigenvalue weighted by atomic mass is 10.1. The van der Waals surface area contributed by atoms with E-state index in [1.807, 2.05) is 23.9 Å². The number of thioether (sulfide) groups is 1. The van der Waals surface area contributed by atoms with Crippen LogP contribution in [0.1, 0.15) is 28.9 Å². The molecule has 1 atom stereocenters. The molecule has 21 heavy (non-hydrogen) atoms. The molecule has 0 fully saturated rings. The summed E-state index contributed by atoms with van der Waals surface area (Å²) in [7, 11) is 3.37. The fraction of sp³-hybridized carbons (Fsp3) is 0.333. The average molecular weight is 302 g/mol. The van der Waals surface area contributed by atoms with Crippen molar-refractivity contribution in [2.45, 2.75) is 24.9 Å². The summed E-state index contributed by atoms with van der Waals surface area (Å²) in [4.78, 5) is 0. The molecule has 0 aromatic heterocycles. The molecule has 3 heteroatoms. The predicted octanol–water partition coefficient (Wildman–Crippen LogP) is 5.01. The summed E-state index contributed by atoms with van der Waals surface area (Å²) in [6.07, 6.45) is 0. The normalized spacial score (nSPS) is 12.0. The largest absolute Gasteiger partial charge is 0.497 e. The molecule has 112 valence electrons. The second-order valence-corrected chi connectivity index (χ2v) is 6.38. The number of ether oxygens (including phenoxy) is 2. The van der Waals surface area contributed by atoms with Gasteiger partial charge in [0, 0.05) is 22.6 Å². The molecule has 0 radical (unpaired) electrons. The molecule has 0 N–H and O–H groups in total. The lowest BCUT2D eigenvalue weighted by molar-refractivity contribution is 0.391. The van der Waals surface area contributed by atoms with E-state index >= 15 is 0 Å². The van der Waals surface area contributed by atoms with E-state index in [9.17, 15) is 0 Å². The van der Waals surface area contributed by atoms with Crippen molar-refractivity contribution in [2.24, 2.45) is 0 Å². The Bertz CT molecular complexity index is 578. The quantitative estimate of drug-likeness (QED) is 0.747. The smallest absolute Gasteiger partial charge is 0.126 e. The van der Waals surface area contributed by atoms with Gasteiger partial charge in [0.15, 0.2) is 0 Å². The minimum absolute atomic E-state index is 0.368. The van der Waals surface area contributed by atoms with E-state index in [0.717, 1.165) is 17.3 Å². The lowest BCUT2D eigenvalue weighted by Gasteiger charge is -2.16. The average Bonchev–Trinajstić information content (AvgIpc) is 2.53. The van der Waals surface area contributed by atoms with Gasteiger partial charge in [0.2, 0.25) is 0 Å². The van der Waals surface area contributed by atoms with Crippen LogP contribution in [0.5, 0.6) is 11.5 Å². The topological polar surface area (TPSA) is 18.5 Å². The minimum Gasteiger partial charge on any atom is -0.497 e. The first-order valence-electron chi connectivity index (χ1n) is 7.03. The second kappa shape index (κ2) is 7.41. The summed E-state index contributed by atoms with van der Waals surface area (Å²) < 4.78 is 10.7. The van der Waals surface area contributed by atoms with Gasteiger partial charge in [-0.15, -0.1) is 11.8 Å². The Morgan fingerprint density at radius 2 is 1.71 bits per heavy atom. The Labute approximate surface area is 131 Å². The first-order valence-corrected chi connectivity index (χ1v) is 8.08. The maximum Gasteiger partial charge on any atom is 0.126 e. The summed E-state index contributed by atoms with van der Waals surface area (Å²) in [5.41, 5.74) is 3.86. The van der Waals surface area contributed by atoms with E-state index in [-0.39, 0.29) is 0 Å². The van der Waals surface area contributed by atoms with E-state index < -0.39 is 0 Å². The van der Waals surface area contributed by atoms with E-state index in [0.29, 0.717) is 5.25 Å². The molecule has 0 spiro atoms. The van der Waals surface area contributed by atoms with Gasteiger partial charge < -0.3 is 9.47 Å². The molecule has 0 aliphatic rings. The second-order valence-electron chi connectivity index (χ2n) is 5.05. The lowest BCUT2D eigenvalue weighted by Crippen LogP contribution is -1.96. The molecule has 0 amide bonds. The fourth-order valence-electron chi connectivity index (χ4n) is 2.15. The molecule has 0 saturated carbocycles. The summed E-state index contributed by atoms with van der Waals surface area (Å²) >= 11 is 1.91. The van der Waals surface area contributed by atoms with E-state index in [1.165, 1.54) is 16.7 Å². The van der Waals surface area contributed by atoms with Crippen LogP contribution in [0.15, 0.2) is 42.5 Å². The molecule has 0 saturated heterocycles. The van der Waals surface area contributed by atoms with Crippen molar-refractivity contribution in [1.29, 1.82) is 0 Å². The number of methoxy groups -OCH3 is 2. The monoisotopic (exact) mass is 302 g/mol. The molecule has 0 aliphatic carbocycles. The highest BCUT2D eigenvalue weighted by Crippen LogP contribution is 2.38. The molecule has 0 aliphatic heterocycles. The fourth-order valence-corrected chi connectivity index (χ4v) is 3.16. The van der Waals surface area contributed by atoms with Crippen molar-refractivity contribution in [3.05, 3.63) is 59.2 Å². The summed E-state index contributed by atoms with van der Waals surface area (Å²) in [5.74, 6) is 2.71. The van der Waals surface area contributed by atoms with E-state index in [2.05, 4.69) is 44.2 Å². The third kappa shape index (κ3) is 4.18. The van der Waals surface area contributed by atoms with Gasteiger partial charge in [-0.05, 0) is 25.5 Å². The summed E-state index contributed by atoms with van der Waals surface area (Å²) in [5, 5.41) is 0.368. The Kier molecular flexibility index (Phi) is 5.57. The van der Waals surface area contributed by atoms with Crippen molar-refractivity contribution in [1.82, 2.24) is 0 Å². The van der Waals surface area contributed by atoms with Crippen LogP contribution < -0.4 is 9.47 Å². The number of benzene rings is 2. The van der Waals surface area contributed by atoms with Crippen molar-refractivity contribution >= 4 is 11.8 Å². The standard InChI is InChI=1S/C18H22O2S/c1-13-5-7-15(8-6-13)12-21-14(2)17-10-9-16(19-3)11-18(17)20-4/h5-11,14H,12H2,1-4H3. The van der Waals surface area contributed by atoms with Crippen molar-refractivity contribution in [3.8, 4) is 11.5 Å². The number of hydrogen-bond acceptors (Lipinski definition) is 3. The van der Waals surface area contributed by atoms with Gasteiger partial charge in [-0.3, -0.25) is 0 Å². The zero-order valence-electron chi connectivity index (χ0n) is 13.1. The van der Waals surface area contributed by atoms with Gasteiger partial charge in [0.1, 0.15) is 11.5 Å². The van der Waals surface area contributed by atoms with Crippen LogP contribution in [0.3, 0.4) is 0 Å². The minimum atomic E-state index is 0.368. The van der Waals surface area contributed by atoms with Crippen LogP contribution in [0.4, 0.5) is 0 Å². The van der Waals surface area contributed by atoms with Crippen molar-refractivity contribution in [3.63, 3.8) is 0 Å². The highest BCUT2D eigenvalue weighted by atomic mass is 32.2. The Morgan fingerprint density at radius 3 is 2.33 bits per heavy atom. The first kappa shape index (κ1) is 15.8. The van der Waals surface area contributed by atoms with Crippen molar-refractivity contribution in [2.75, 3.05) is 14.2 Å². The van der Waals surface area contributed by atoms with Crippen molar-refractivity contribution < 1.29 is 9.47 Å². The van der Waals surface area contributed by atoms with Gasteiger partial charge in [0.05, 0.1) is 14.2 Å². The van der Waals surface area contributed by atoms with Gasteiger partial charge in [0.25, 0.3) is 0 Å². The molecular weight excluding hydrogens is 280 g/mol. The highest BCUT2D eigenvalue weighted by molar-refractivity contribution is 7.98. The molecule has 1 unspecified atom stereocenters. The van der Waals surface area contributed by atoms with E-state index in [4.69, 9.17) is 9.47 Å². The van der Waals surface area contributed by atoms with Crippen LogP contribution in [0.2, 0.25) is 0 Å². The Hall–Kier alpha value is -1.61. The molecule has 2 nitrogen and oxygen atoms in total. The molecular formula is C18H22O2S. The Balaban J connectivity index is 2.05. The zero-order valence-corrected chi connectivity index (χ0v) is 13.9. The molecule has 0 heterocycles. The van der Waals surface area contributed by atoms with Gasteiger partial charge in [-0.1, -0.05) is 35.9 Å². The SMILES string of the molecule is COc1ccc(C(C)SCc2ccc(C)cc2)c(OC)c1. The van der Waals surface area contributed by atoms with Crippen LogP contribution in [-0.4, -0.2) is 14.2 Å². The van der Waals surface area contributed by atoms with Crippen LogP contribution in [-0.2, 0) is 5.75 Å². The third-order valence-electron chi connectivity index (χ3n) is 3.50. The highest BCUT2D eigenvalue weighted by Gasteiger charge is 2.13. The first-order chi connectivity index (χ1) is 10.1. The number of hydrogen-bond donors (Lipinski definition) is 0. The Morgan fingerprint density at radius 1 is 1.00 bits per heavy atom. The third-order valence-corrected chi connectivity index (χ3v) is 4.75. The van der Waals surface area contributed by atoms with Crippen LogP contribution in [0.25, 0.3) is 0 Å². The molecule has 2 aromatic carbocycles. The van der Waals surface area contributed by atoms with E-state index in [1.54, 1.807) is 14.2 Å². The number of aryl methyl sites for hydroxylation is 1. The molecule has 2 rings (SSSR count). The van der Waals surface area contributed by atoms with Crippen LogP contribution in [0, 0.1) is 6.92 Å². The molecule has 0 bridgehead atoms. The molecule has 2 aromatic rings. The number of rotatable bonds is 6. The van der Waals surface area contributed by atoms with Gasteiger partial charge in [-0.2, -0.15) is 0 Å². The maximum atomic E-state index is 5.48. The maximum absolute atomic E-state index is 5.48. The predicted molar refractivity (Wildman–Crippen MR) is 90.4 cm³/mol.